The van der Waals surface area contributed by atoms with E-state index in [-0.39, 0.29) is 0 Å². The van der Waals surface area contributed by atoms with Crippen molar-refractivity contribution in [3.8, 4) is 0 Å². The van der Waals surface area contributed by atoms with Gasteiger partial charge in [-0.25, -0.2) is 0 Å². The lowest BCUT2D eigenvalue weighted by atomic mass is 9.98. The van der Waals surface area contributed by atoms with Crippen molar-refractivity contribution in [3.05, 3.63) is 0 Å². The summed E-state index contributed by atoms with van der Waals surface area (Å²) in [6.45, 7) is 6.88. The van der Waals surface area contributed by atoms with E-state index in [9.17, 15) is 0 Å². The van der Waals surface area contributed by atoms with Crippen LogP contribution in [0, 0.1) is 5.41 Å². The van der Waals surface area contributed by atoms with E-state index in [1.54, 1.807) is 0 Å². The van der Waals surface area contributed by atoms with Gasteiger partial charge in [-0.3, -0.25) is 0 Å². The molecule has 1 N–H and O–H groups in total. The molecule has 0 spiro atoms. The van der Waals surface area contributed by atoms with Crippen molar-refractivity contribution in [2.24, 2.45) is 5.41 Å². The van der Waals surface area contributed by atoms with Crippen LogP contribution >= 0.6 is 0 Å². The highest BCUT2D eigenvalue weighted by Crippen LogP contribution is 2.49. The number of hydrogen-bond donors (Lipinski definition) is 1. The third kappa shape index (κ3) is 3.14. The van der Waals surface area contributed by atoms with Gasteiger partial charge in [0.1, 0.15) is 0 Å². The van der Waals surface area contributed by atoms with Crippen LogP contribution in [0.3, 0.4) is 0 Å². The Kier molecular flexibility index (Phi) is 4.07. The Hall–Kier alpha value is -0.0400. The number of nitrogens with one attached hydrogen (secondary N) is 1. The van der Waals surface area contributed by atoms with Crippen LogP contribution in [0.15, 0.2) is 0 Å². The maximum atomic E-state index is 3.48. The fourth-order valence-corrected chi connectivity index (χ4v) is 1.83. The van der Waals surface area contributed by atoms with E-state index in [0.29, 0.717) is 0 Å². The summed E-state index contributed by atoms with van der Waals surface area (Å²) >= 11 is 0. The second-order valence-electron chi connectivity index (χ2n) is 4.24. The van der Waals surface area contributed by atoms with Gasteiger partial charge in [-0.15, -0.1) is 0 Å². The summed E-state index contributed by atoms with van der Waals surface area (Å²) in [6.07, 6.45) is 8.65. The van der Waals surface area contributed by atoms with Crippen LogP contribution < -0.4 is 5.32 Å². The molecule has 0 heterocycles. The summed E-state index contributed by atoms with van der Waals surface area (Å²) in [5.41, 5.74) is 0.741. The average molecular weight is 169 g/mol. The maximum absolute atomic E-state index is 3.48. The Morgan fingerprint density at radius 2 is 1.92 bits per heavy atom. The minimum absolute atomic E-state index is 0.741. The molecule has 72 valence electrons. The highest BCUT2D eigenvalue weighted by Gasteiger charge is 2.40. The van der Waals surface area contributed by atoms with Crippen molar-refractivity contribution in [2.45, 2.75) is 52.4 Å². The normalized spacial score (nSPS) is 19.5. The topological polar surface area (TPSA) is 12.0 Å². The molecule has 0 bridgehead atoms. The molecule has 0 aromatic heterocycles. The Bertz CT molecular complexity index is 116. The van der Waals surface area contributed by atoms with Crippen LogP contribution in [0.2, 0.25) is 0 Å². The molecule has 0 atom stereocenters. The summed E-state index contributed by atoms with van der Waals surface area (Å²) in [5, 5.41) is 3.48. The lowest BCUT2D eigenvalue weighted by Gasteiger charge is -2.14. The molecule has 1 heteroatoms. The van der Waals surface area contributed by atoms with Gasteiger partial charge in [0, 0.05) is 6.54 Å². The van der Waals surface area contributed by atoms with Crippen molar-refractivity contribution in [3.63, 3.8) is 0 Å². The first-order chi connectivity index (χ1) is 5.83. The fourth-order valence-electron chi connectivity index (χ4n) is 1.83. The van der Waals surface area contributed by atoms with Gasteiger partial charge in [0.25, 0.3) is 0 Å². The molecule has 1 aliphatic rings. The van der Waals surface area contributed by atoms with Gasteiger partial charge < -0.3 is 5.32 Å². The van der Waals surface area contributed by atoms with Gasteiger partial charge in [0.15, 0.2) is 0 Å². The van der Waals surface area contributed by atoms with Gasteiger partial charge in [-0.2, -0.15) is 0 Å². The van der Waals surface area contributed by atoms with Crippen LogP contribution in [-0.4, -0.2) is 13.1 Å². The van der Waals surface area contributed by atoms with E-state index in [1.165, 1.54) is 45.1 Å². The number of unbranched alkanes of at least 4 members (excludes halogenated alkanes) is 2. The maximum Gasteiger partial charge on any atom is 0.000770 e. The molecule has 0 unspecified atom stereocenters. The van der Waals surface area contributed by atoms with Crippen molar-refractivity contribution < 1.29 is 0 Å². The first-order valence-electron chi connectivity index (χ1n) is 5.54. The van der Waals surface area contributed by atoms with Crippen LogP contribution in [0.1, 0.15) is 52.4 Å². The van der Waals surface area contributed by atoms with Gasteiger partial charge in [-0.1, -0.05) is 33.1 Å². The molecular weight excluding hydrogens is 146 g/mol. The smallest absolute Gasteiger partial charge is 0.000770 e. The lowest BCUT2D eigenvalue weighted by molar-refractivity contribution is 0.411. The minimum atomic E-state index is 0.741. The van der Waals surface area contributed by atoms with Crippen LogP contribution in [0.5, 0.6) is 0 Å². The highest BCUT2D eigenvalue weighted by atomic mass is 14.9. The Morgan fingerprint density at radius 1 is 1.17 bits per heavy atom. The fraction of sp³-hybridized carbons (Fsp3) is 1.00. The zero-order valence-electron chi connectivity index (χ0n) is 8.66. The molecule has 1 aliphatic carbocycles. The van der Waals surface area contributed by atoms with E-state index < -0.39 is 0 Å². The zero-order valence-corrected chi connectivity index (χ0v) is 8.66. The summed E-state index contributed by atoms with van der Waals surface area (Å²) in [5.74, 6) is 0. The molecule has 0 aliphatic heterocycles. The highest BCUT2D eigenvalue weighted by molar-refractivity contribution is 4.94. The number of rotatable bonds is 7. The first kappa shape index (κ1) is 10.0. The van der Waals surface area contributed by atoms with E-state index in [2.05, 4.69) is 19.2 Å². The van der Waals surface area contributed by atoms with E-state index in [1.807, 2.05) is 0 Å². The van der Waals surface area contributed by atoms with Crippen LogP contribution in [0.25, 0.3) is 0 Å². The van der Waals surface area contributed by atoms with E-state index >= 15 is 0 Å². The second-order valence-corrected chi connectivity index (χ2v) is 4.24. The molecule has 0 aromatic carbocycles. The third-order valence-electron chi connectivity index (χ3n) is 3.02. The van der Waals surface area contributed by atoms with Crippen LogP contribution in [0.4, 0.5) is 0 Å². The van der Waals surface area contributed by atoms with Crippen LogP contribution in [-0.2, 0) is 0 Å². The molecule has 1 nitrogen and oxygen atoms in total. The molecule has 0 radical (unpaired) electrons. The van der Waals surface area contributed by atoms with Gasteiger partial charge in [0.05, 0.1) is 0 Å². The van der Waals surface area contributed by atoms with E-state index in [4.69, 9.17) is 0 Å². The summed E-state index contributed by atoms with van der Waals surface area (Å²) < 4.78 is 0. The summed E-state index contributed by atoms with van der Waals surface area (Å²) in [7, 11) is 0. The minimum Gasteiger partial charge on any atom is -0.316 e. The standard InChI is InChI=1S/C11H23N/c1-3-5-6-7-11(8-9-11)10-12-4-2/h12H,3-10H2,1-2H3. The van der Waals surface area contributed by atoms with Gasteiger partial charge >= 0.3 is 0 Å². The quantitative estimate of drug-likeness (QED) is 0.578. The monoisotopic (exact) mass is 169 g/mol. The SMILES string of the molecule is CCCCCC1(CNCC)CC1. The van der Waals surface area contributed by atoms with Gasteiger partial charge in [-0.05, 0) is 31.2 Å². The van der Waals surface area contributed by atoms with Crippen molar-refractivity contribution in [1.82, 2.24) is 5.32 Å². The molecule has 1 rings (SSSR count). The molecule has 0 saturated heterocycles. The van der Waals surface area contributed by atoms with Gasteiger partial charge in [0.2, 0.25) is 0 Å². The molecule has 0 amide bonds. The third-order valence-corrected chi connectivity index (χ3v) is 3.02. The van der Waals surface area contributed by atoms with E-state index in [0.717, 1.165) is 12.0 Å². The molecular formula is C11H23N. The molecule has 12 heavy (non-hydrogen) atoms. The zero-order chi connectivity index (χ0) is 8.86. The first-order valence-corrected chi connectivity index (χ1v) is 5.54. The van der Waals surface area contributed by atoms with Crippen molar-refractivity contribution in [1.29, 1.82) is 0 Å². The predicted molar refractivity (Wildman–Crippen MR) is 54.4 cm³/mol. The molecule has 0 aromatic rings. The number of hydrogen-bond acceptors (Lipinski definition) is 1. The second kappa shape index (κ2) is 4.86. The Balaban J connectivity index is 2.04. The largest absolute Gasteiger partial charge is 0.316 e. The molecule has 1 saturated carbocycles. The van der Waals surface area contributed by atoms with Crippen molar-refractivity contribution >= 4 is 0 Å². The lowest BCUT2D eigenvalue weighted by Crippen LogP contribution is -2.23. The Morgan fingerprint density at radius 3 is 2.42 bits per heavy atom. The molecule has 1 fully saturated rings. The predicted octanol–water partition coefficient (Wildman–Crippen LogP) is 2.96. The van der Waals surface area contributed by atoms with Crippen molar-refractivity contribution in [2.75, 3.05) is 13.1 Å². The Labute approximate surface area is 76.9 Å². The summed E-state index contributed by atoms with van der Waals surface area (Å²) in [6, 6.07) is 0. The average Bonchev–Trinajstić information content (AvgIpc) is 2.83. The summed E-state index contributed by atoms with van der Waals surface area (Å²) in [4.78, 5) is 0.